The van der Waals surface area contributed by atoms with Crippen LogP contribution in [0.4, 0.5) is 0 Å². The first kappa shape index (κ1) is 29.7. The highest BCUT2D eigenvalue weighted by Gasteiger charge is 2.52. The quantitative estimate of drug-likeness (QED) is 0.237. The predicted octanol–water partition coefficient (Wildman–Crippen LogP) is 4.96. The van der Waals surface area contributed by atoms with Crippen LogP contribution in [0.1, 0.15) is 26.8 Å². The Morgan fingerprint density at radius 1 is 1.10 bits per heavy atom. The summed E-state index contributed by atoms with van der Waals surface area (Å²) in [6.45, 7) is 3.50. The number of ether oxygens (including phenoxy) is 4. The van der Waals surface area contributed by atoms with Gasteiger partial charge in [-0.15, -0.1) is 16.4 Å². The molecule has 1 aliphatic heterocycles. The molecular formula is C23H21BrCl2N4O7S2. The van der Waals surface area contributed by atoms with Crippen LogP contribution in [-0.4, -0.2) is 68.2 Å². The molecule has 1 aliphatic rings. The Morgan fingerprint density at radius 3 is 2.44 bits per heavy atom. The average molecular weight is 680 g/mol. The number of esters is 3. The van der Waals surface area contributed by atoms with Crippen LogP contribution in [0.5, 0.6) is 0 Å². The van der Waals surface area contributed by atoms with Crippen molar-refractivity contribution in [2.75, 3.05) is 6.61 Å². The van der Waals surface area contributed by atoms with Crippen LogP contribution < -0.4 is 0 Å². The van der Waals surface area contributed by atoms with E-state index in [0.717, 1.165) is 0 Å². The zero-order chi connectivity index (χ0) is 28.3. The highest BCUT2D eigenvalue weighted by molar-refractivity contribution is 9.10. The molecule has 0 radical (unpaired) electrons. The summed E-state index contributed by atoms with van der Waals surface area (Å²) in [5.74, 6) is -1.77. The molecule has 0 N–H and O–H groups in total. The Morgan fingerprint density at radius 2 is 1.82 bits per heavy atom. The van der Waals surface area contributed by atoms with Gasteiger partial charge in [-0.1, -0.05) is 40.2 Å². The van der Waals surface area contributed by atoms with Crippen molar-refractivity contribution in [1.82, 2.24) is 20.0 Å². The second-order valence-corrected chi connectivity index (χ2v) is 11.9. The van der Waals surface area contributed by atoms with Crippen molar-refractivity contribution >= 4 is 80.1 Å². The molecule has 5 unspecified atom stereocenters. The van der Waals surface area contributed by atoms with Crippen LogP contribution in [-0.2, 0) is 33.3 Å². The first-order valence-electron chi connectivity index (χ1n) is 11.3. The number of carbonyl (C=O) groups excluding carboxylic acids is 3. The summed E-state index contributed by atoms with van der Waals surface area (Å²) >= 11 is 18.2. The highest BCUT2D eigenvalue weighted by Crippen LogP contribution is 2.42. The van der Waals surface area contributed by atoms with E-state index < -0.39 is 47.7 Å². The molecule has 0 spiro atoms. The Balaban J connectivity index is 1.79. The average Bonchev–Trinajstić information content (AvgIpc) is 3.50. The lowest BCUT2D eigenvalue weighted by Gasteiger charge is -2.44. The second-order valence-electron chi connectivity index (χ2n) is 8.24. The molecule has 3 heterocycles. The number of rotatable bonds is 8. The van der Waals surface area contributed by atoms with Crippen LogP contribution in [0.2, 0.25) is 10.0 Å². The summed E-state index contributed by atoms with van der Waals surface area (Å²) in [6, 6.07) is 4.08. The first-order valence-corrected chi connectivity index (χ1v) is 14.6. The lowest BCUT2D eigenvalue weighted by molar-refractivity contribution is -0.212. The topological polar surface area (TPSA) is 132 Å². The third-order valence-electron chi connectivity index (χ3n) is 5.33. The summed E-state index contributed by atoms with van der Waals surface area (Å²) < 4.78 is 25.0. The van der Waals surface area contributed by atoms with E-state index in [1.807, 2.05) is 0 Å². The van der Waals surface area contributed by atoms with Crippen LogP contribution in [0.3, 0.4) is 0 Å². The van der Waals surface area contributed by atoms with E-state index in [9.17, 15) is 14.4 Å². The van der Waals surface area contributed by atoms with Gasteiger partial charge in [-0.25, -0.2) is 9.67 Å². The first-order chi connectivity index (χ1) is 18.5. The van der Waals surface area contributed by atoms with Crippen LogP contribution in [0.25, 0.3) is 10.7 Å². The van der Waals surface area contributed by atoms with E-state index in [4.69, 9.17) is 42.1 Å². The molecule has 208 valence electrons. The lowest BCUT2D eigenvalue weighted by atomic mass is 9.96. The zero-order valence-electron chi connectivity index (χ0n) is 20.6. The number of nitrogens with zero attached hydrogens (tertiary/aromatic N) is 4. The van der Waals surface area contributed by atoms with Gasteiger partial charge in [0.15, 0.2) is 12.2 Å². The van der Waals surface area contributed by atoms with Gasteiger partial charge in [-0.3, -0.25) is 14.4 Å². The largest absolute Gasteiger partial charge is 0.463 e. The molecule has 4 rings (SSSR count). The zero-order valence-corrected chi connectivity index (χ0v) is 25.3. The van der Waals surface area contributed by atoms with Crippen molar-refractivity contribution in [2.24, 2.45) is 0 Å². The van der Waals surface area contributed by atoms with Crippen molar-refractivity contribution in [3.8, 4) is 10.7 Å². The standard InChI is InChI=1S/C23H21BrCl2N4O7S2/c1-10(31)34-8-17-20(35-11(2)32)19(30-7-16(28-29-30)22-27-18(24)9-38-22)21(36-12(3)33)23(37-17)39-13-4-5-14(25)15(26)6-13/h4-7,9,17,19-21,23H,8H2,1-3H3. The van der Waals surface area contributed by atoms with Gasteiger partial charge in [0, 0.05) is 31.0 Å². The number of hydrogen-bond acceptors (Lipinski definition) is 12. The van der Waals surface area contributed by atoms with Gasteiger partial charge in [-0.2, -0.15) is 0 Å². The number of halogens is 3. The molecule has 0 saturated carbocycles. The van der Waals surface area contributed by atoms with E-state index in [1.165, 1.54) is 48.6 Å². The summed E-state index contributed by atoms with van der Waals surface area (Å²) in [6.07, 6.45) is -1.44. The molecule has 16 heteroatoms. The Hall–Kier alpha value is -2.23. The van der Waals surface area contributed by atoms with Gasteiger partial charge < -0.3 is 18.9 Å². The van der Waals surface area contributed by atoms with Gasteiger partial charge in [0.1, 0.15) is 39.5 Å². The van der Waals surface area contributed by atoms with Crippen molar-refractivity contribution in [1.29, 1.82) is 0 Å². The maximum absolute atomic E-state index is 12.3. The maximum atomic E-state index is 12.3. The van der Waals surface area contributed by atoms with Crippen LogP contribution in [0.15, 0.2) is 39.3 Å². The molecule has 2 aromatic heterocycles. The Kier molecular flexibility index (Phi) is 9.88. The molecular weight excluding hydrogens is 659 g/mol. The third kappa shape index (κ3) is 7.50. The van der Waals surface area contributed by atoms with Crippen LogP contribution >= 0.6 is 62.2 Å². The Labute approximate surface area is 249 Å². The molecule has 0 bridgehead atoms. The van der Waals surface area contributed by atoms with Gasteiger partial charge in [0.25, 0.3) is 0 Å². The summed E-state index contributed by atoms with van der Waals surface area (Å²) in [7, 11) is 0. The summed E-state index contributed by atoms with van der Waals surface area (Å²) in [5.41, 5.74) is -0.421. The third-order valence-corrected chi connectivity index (χ3v) is 8.78. The molecule has 1 fully saturated rings. The minimum Gasteiger partial charge on any atom is -0.463 e. The fourth-order valence-electron chi connectivity index (χ4n) is 3.86. The number of hydrogen-bond donors (Lipinski definition) is 0. The highest BCUT2D eigenvalue weighted by atomic mass is 79.9. The van der Waals surface area contributed by atoms with E-state index in [-0.39, 0.29) is 6.61 Å². The minimum atomic E-state index is -1.07. The van der Waals surface area contributed by atoms with Crippen molar-refractivity contribution in [3.63, 3.8) is 0 Å². The monoisotopic (exact) mass is 678 g/mol. The lowest BCUT2D eigenvalue weighted by Crippen LogP contribution is -2.57. The number of carbonyl (C=O) groups is 3. The van der Waals surface area contributed by atoms with Crippen molar-refractivity contribution in [3.05, 3.63) is 44.4 Å². The summed E-state index contributed by atoms with van der Waals surface area (Å²) in [5, 5.41) is 11.6. The molecule has 0 amide bonds. The second kappa shape index (κ2) is 13.0. The van der Waals surface area contributed by atoms with Gasteiger partial charge >= 0.3 is 17.9 Å². The summed E-state index contributed by atoms with van der Waals surface area (Å²) in [4.78, 5) is 41.1. The van der Waals surface area contributed by atoms with Gasteiger partial charge in [0.2, 0.25) is 0 Å². The molecule has 11 nitrogen and oxygen atoms in total. The van der Waals surface area contributed by atoms with Crippen LogP contribution in [0, 0.1) is 0 Å². The predicted molar refractivity (Wildman–Crippen MR) is 147 cm³/mol. The normalized spacial score (nSPS) is 22.8. The molecule has 39 heavy (non-hydrogen) atoms. The number of benzene rings is 1. The molecule has 5 atom stereocenters. The van der Waals surface area contributed by atoms with E-state index in [0.29, 0.717) is 30.2 Å². The maximum Gasteiger partial charge on any atom is 0.303 e. The van der Waals surface area contributed by atoms with E-state index in [1.54, 1.807) is 29.8 Å². The van der Waals surface area contributed by atoms with Gasteiger partial charge in [-0.05, 0) is 34.1 Å². The molecule has 3 aromatic rings. The number of thiazole rings is 1. The SMILES string of the molecule is CC(=O)OCC1OC(Sc2ccc(Cl)c(Cl)c2)C(OC(C)=O)C(n2cc(-c3nc(Br)cs3)nn2)C1OC(C)=O. The fraction of sp³-hybridized carbons (Fsp3) is 0.391. The molecule has 1 saturated heterocycles. The van der Waals surface area contributed by atoms with Crippen molar-refractivity contribution in [2.45, 2.75) is 55.5 Å². The van der Waals surface area contributed by atoms with E-state index >= 15 is 0 Å². The molecule has 0 aliphatic carbocycles. The number of aromatic nitrogens is 4. The van der Waals surface area contributed by atoms with Gasteiger partial charge in [0.05, 0.1) is 16.2 Å². The molecule has 1 aromatic carbocycles. The number of thioether (sulfide) groups is 1. The van der Waals surface area contributed by atoms with Crippen molar-refractivity contribution < 1.29 is 33.3 Å². The fourth-order valence-corrected chi connectivity index (χ4v) is 6.57. The van der Waals surface area contributed by atoms with E-state index in [2.05, 4.69) is 31.2 Å². The minimum absolute atomic E-state index is 0.240. The smallest absolute Gasteiger partial charge is 0.303 e. The Bertz CT molecular complexity index is 1370.